The maximum Gasteiger partial charge on any atom is 0.264 e. The molecule has 0 aromatic heterocycles. The Morgan fingerprint density at radius 1 is 1.13 bits per heavy atom. The lowest BCUT2D eigenvalue weighted by atomic mass is 10.1. The van der Waals surface area contributed by atoms with Crippen molar-refractivity contribution in [2.24, 2.45) is 5.92 Å². The number of anilines is 1. The van der Waals surface area contributed by atoms with Crippen LogP contribution in [0, 0.1) is 5.92 Å². The van der Waals surface area contributed by atoms with E-state index in [-0.39, 0.29) is 24.5 Å². The van der Waals surface area contributed by atoms with Gasteiger partial charge in [0.15, 0.2) is 17.6 Å². The van der Waals surface area contributed by atoms with Gasteiger partial charge >= 0.3 is 0 Å². The molecule has 0 aliphatic carbocycles. The lowest BCUT2D eigenvalue weighted by molar-refractivity contribution is -0.139. The lowest BCUT2D eigenvalue weighted by Crippen LogP contribution is -2.38. The van der Waals surface area contributed by atoms with E-state index in [1.54, 1.807) is 4.90 Å². The van der Waals surface area contributed by atoms with Crippen LogP contribution < -0.4 is 19.5 Å². The summed E-state index contributed by atoms with van der Waals surface area (Å²) in [4.78, 5) is 27.0. The average Bonchev–Trinajstić information content (AvgIpc) is 3.15. The first kappa shape index (κ1) is 20.1. The van der Waals surface area contributed by atoms with Crippen LogP contribution in [0.1, 0.15) is 38.3 Å². The van der Waals surface area contributed by atoms with E-state index < -0.39 is 6.10 Å². The molecule has 2 aromatic rings. The summed E-state index contributed by atoms with van der Waals surface area (Å²) in [5.41, 5.74) is 2.51. The Morgan fingerprint density at radius 3 is 2.67 bits per heavy atom. The summed E-state index contributed by atoms with van der Waals surface area (Å²) in [7, 11) is 0. The predicted octanol–water partition coefficient (Wildman–Crippen LogP) is 3.71. The van der Waals surface area contributed by atoms with Gasteiger partial charge in [0.1, 0.15) is 5.75 Å². The van der Waals surface area contributed by atoms with Gasteiger partial charge in [0.05, 0.1) is 0 Å². The van der Waals surface area contributed by atoms with Crippen LogP contribution in [0.15, 0.2) is 36.4 Å². The van der Waals surface area contributed by atoms with Gasteiger partial charge in [-0.2, -0.15) is 0 Å². The standard InChI is InChI=1S/C23H26N2O5/c1-4-18-23(27)25(11-15-5-7-20-21(9-15)29-13-28-20)12-16-10-17(6-8-19(16)30-18)24-22(26)14(2)3/h5-10,14,18H,4,11-13H2,1-3H3,(H,24,26)/t18-/m1/s1. The average molecular weight is 410 g/mol. The molecule has 0 spiro atoms. The summed E-state index contributed by atoms with van der Waals surface area (Å²) in [6, 6.07) is 11.2. The number of ether oxygens (including phenoxy) is 3. The van der Waals surface area contributed by atoms with Crippen LogP contribution in [0.2, 0.25) is 0 Å². The topological polar surface area (TPSA) is 77.1 Å². The van der Waals surface area contributed by atoms with Gasteiger partial charge in [-0.1, -0.05) is 26.8 Å². The van der Waals surface area contributed by atoms with Crippen molar-refractivity contribution in [1.82, 2.24) is 4.90 Å². The Kier molecular flexibility index (Phi) is 5.53. The Morgan fingerprint density at radius 2 is 1.90 bits per heavy atom. The normalized spacial score (nSPS) is 17.4. The van der Waals surface area contributed by atoms with Crippen molar-refractivity contribution in [2.45, 2.75) is 46.4 Å². The van der Waals surface area contributed by atoms with Gasteiger partial charge in [0.2, 0.25) is 12.7 Å². The molecule has 0 bridgehead atoms. The number of nitrogens with one attached hydrogen (secondary N) is 1. The SMILES string of the molecule is CC[C@H]1Oc2ccc(NC(=O)C(C)C)cc2CN(Cc2ccc3c(c2)OCO3)C1=O. The van der Waals surface area contributed by atoms with Gasteiger partial charge < -0.3 is 24.4 Å². The van der Waals surface area contributed by atoms with Crippen molar-refractivity contribution in [1.29, 1.82) is 0 Å². The van der Waals surface area contributed by atoms with Crippen LogP contribution in [-0.2, 0) is 22.7 Å². The summed E-state index contributed by atoms with van der Waals surface area (Å²) in [5, 5.41) is 2.91. The lowest BCUT2D eigenvalue weighted by Gasteiger charge is -2.23. The fourth-order valence-corrected chi connectivity index (χ4v) is 3.52. The zero-order valence-corrected chi connectivity index (χ0v) is 17.4. The first-order valence-electron chi connectivity index (χ1n) is 10.2. The molecule has 158 valence electrons. The van der Waals surface area contributed by atoms with E-state index in [1.807, 2.05) is 57.2 Å². The molecule has 0 unspecified atom stereocenters. The molecule has 2 aliphatic heterocycles. The number of amides is 2. The summed E-state index contributed by atoms with van der Waals surface area (Å²) in [6.45, 7) is 6.66. The van der Waals surface area contributed by atoms with Gasteiger partial charge in [-0.25, -0.2) is 0 Å². The molecule has 2 aromatic carbocycles. The minimum atomic E-state index is -0.545. The second-order valence-corrected chi connectivity index (χ2v) is 7.86. The van der Waals surface area contributed by atoms with Crippen molar-refractivity contribution >= 4 is 17.5 Å². The minimum Gasteiger partial charge on any atom is -0.480 e. The zero-order chi connectivity index (χ0) is 21.3. The Labute approximate surface area is 175 Å². The molecular formula is C23H26N2O5. The van der Waals surface area contributed by atoms with Crippen LogP contribution in [-0.4, -0.2) is 29.6 Å². The highest BCUT2D eigenvalue weighted by Crippen LogP contribution is 2.34. The number of carbonyl (C=O) groups excluding carboxylic acids is 2. The molecule has 0 saturated heterocycles. The van der Waals surface area contributed by atoms with E-state index in [2.05, 4.69) is 5.32 Å². The fraction of sp³-hybridized carbons (Fsp3) is 0.391. The van der Waals surface area contributed by atoms with Crippen molar-refractivity contribution in [2.75, 3.05) is 12.1 Å². The van der Waals surface area contributed by atoms with Crippen LogP contribution in [0.25, 0.3) is 0 Å². The van der Waals surface area contributed by atoms with Crippen LogP contribution in [0.3, 0.4) is 0 Å². The molecule has 7 heteroatoms. The molecule has 2 amide bonds. The first-order valence-corrected chi connectivity index (χ1v) is 10.2. The second-order valence-electron chi connectivity index (χ2n) is 7.86. The Balaban J connectivity index is 1.60. The zero-order valence-electron chi connectivity index (χ0n) is 17.4. The third-order valence-corrected chi connectivity index (χ3v) is 5.25. The number of rotatable bonds is 5. The molecule has 30 heavy (non-hydrogen) atoms. The van der Waals surface area contributed by atoms with Gasteiger partial charge in [-0.15, -0.1) is 0 Å². The van der Waals surface area contributed by atoms with Crippen molar-refractivity contribution in [3.8, 4) is 17.2 Å². The number of hydrogen-bond donors (Lipinski definition) is 1. The Bertz CT molecular complexity index is 972. The summed E-state index contributed by atoms with van der Waals surface area (Å²) < 4.78 is 16.8. The van der Waals surface area contributed by atoms with Gasteiger partial charge in [-0.3, -0.25) is 9.59 Å². The highest BCUT2D eigenvalue weighted by atomic mass is 16.7. The van der Waals surface area contributed by atoms with Gasteiger partial charge in [0.25, 0.3) is 5.91 Å². The van der Waals surface area contributed by atoms with Gasteiger partial charge in [0, 0.05) is 30.3 Å². The Hall–Kier alpha value is -3.22. The first-order chi connectivity index (χ1) is 14.4. The van der Waals surface area contributed by atoms with E-state index in [0.29, 0.717) is 42.4 Å². The molecular weight excluding hydrogens is 384 g/mol. The van der Waals surface area contributed by atoms with Crippen molar-refractivity contribution < 1.29 is 23.8 Å². The summed E-state index contributed by atoms with van der Waals surface area (Å²) >= 11 is 0. The summed E-state index contributed by atoms with van der Waals surface area (Å²) in [5.74, 6) is 1.85. The van der Waals surface area contributed by atoms with E-state index in [9.17, 15) is 9.59 Å². The maximum absolute atomic E-state index is 13.1. The third kappa shape index (κ3) is 4.06. The summed E-state index contributed by atoms with van der Waals surface area (Å²) in [6.07, 6.45) is 0.0261. The van der Waals surface area contributed by atoms with E-state index in [1.165, 1.54) is 0 Å². The van der Waals surface area contributed by atoms with E-state index in [0.717, 1.165) is 11.1 Å². The van der Waals surface area contributed by atoms with Crippen LogP contribution in [0.5, 0.6) is 17.2 Å². The molecule has 7 nitrogen and oxygen atoms in total. The van der Waals surface area contributed by atoms with Crippen molar-refractivity contribution in [3.05, 3.63) is 47.5 Å². The van der Waals surface area contributed by atoms with Crippen LogP contribution >= 0.6 is 0 Å². The van der Waals surface area contributed by atoms with Crippen molar-refractivity contribution in [3.63, 3.8) is 0 Å². The maximum atomic E-state index is 13.1. The van der Waals surface area contributed by atoms with Gasteiger partial charge in [-0.05, 0) is 42.3 Å². The molecule has 0 saturated carbocycles. The highest BCUT2D eigenvalue weighted by Gasteiger charge is 2.30. The highest BCUT2D eigenvalue weighted by molar-refractivity contribution is 5.92. The number of fused-ring (bicyclic) bond motifs is 2. The monoisotopic (exact) mass is 410 g/mol. The largest absolute Gasteiger partial charge is 0.480 e. The number of hydrogen-bond acceptors (Lipinski definition) is 5. The second kappa shape index (κ2) is 8.26. The minimum absolute atomic E-state index is 0.0517. The van der Waals surface area contributed by atoms with Crippen LogP contribution in [0.4, 0.5) is 5.69 Å². The smallest absolute Gasteiger partial charge is 0.264 e. The molecule has 2 aliphatic rings. The van der Waals surface area contributed by atoms with E-state index >= 15 is 0 Å². The molecule has 0 fully saturated rings. The molecule has 1 atom stereocenters. The molecule has 1 N–H and O–H groups in total. The molecule has 0 radical (unpaired) electrons. The third-order valence-electron chi connectivity index (χ3n) is 5.25. The predicted molar refractivity (Wildman–Crippen MR) is 111 cm³/mol. The molecule has 4 rings (SSSR count). The number of benzene rings is 2. The quantitative estimate of drug-likeness (QED) is 0.813. The number of carbonyl (C=O) groups is 2. The fourth-order valence-electron chi connectivity index (χ4n) is 3.52. The van der Waals surface area contributed by atoms with E-state index in [4.69, 9.17) is 14.2 Å². The molecule has 2 heterocycles. The number of nitrogens with zero attached hydrogens (tertiary/aromatic N) is 1.